The average Bonchev–Trinajstić information content (AvgIpc) is 0.793. The largest absolute Gasteiger partial charge is 0.456 e. The molecular weight excluding hydrogens is 1320 g/mol. The Labute approximate surface area is 602 Å². The summed E-state index contributed by atoms with van der Waals surface area (Å²) in [6.07, 6.45) is -12.8. The number of esters is 6. The fourth-order valence-electron chi connectivity index (χ4n) is 12.9. The van der Waals surface area contributed by atoms with Crippen LogP contribution in [0.2, 0.25) is 0 Å². The van der Waals surface area contributed by atoms with Crippen LogP contribution in [-0.4, -0.2) is 188 Å². The molecule has 4 saturated heterocycles. The molecule has 7 N–H and O–H groups in total. The lowest BCUT2D eigenvalue weighted by atomic mass is 9.90. The molecular formula is C79H116O23. The van der Waals surface area contributed by atoms with Gasteiger partial charge < -0.3 is 83.1 Å². The van der Waals surface area contributed by atoms with Crippen molar-refractivity contribution in [1.82, 2.24) is 0 Å². The maximum absolute atomic E-state index is 11.8. The van der Waals surface area contributed by atoms with Gasteiger partial charge in [-0.3, -0.25) is 28.8 Å². The molecule has 20 atom stereocenters. The molecule has 20 unspecified atom stereocenters. The van der Waals surface area contributed by atoms with Crippen LogP contribution in [0.25, 0.3) is 0 Å². The smallest absolute Gasteiger partial charge is 0.303 e. The lowest BCUT2D eigenvalue weighted by molar-refractivity contribution is -0.245. The van der Waals surface area contributed by atoms with Crippen molar-refractivity contribution in [3.8, 4) is 0 Å². The van der Waals surface area contributed by atoms with Gasteiger partial charge in [-0.1, -0.05) is 160 Å². The quantitative estimate of drug-likeness (QED) is 0.0303. The molecule has 8 rings (SSSR count). The van der Waals surface area contributed by atoms with Crippen molar-refractivity contribution in [1.29, 1.82) is 0 Å². The summed E-state index contributed by atoms with van der Waals surface area (Å²) in [5.74, 6) is -1.00. The lowest BCUT2D eigenvalue weighted by Crippen LogP contribution is -2.61. The van der Waals surface area contributed by atoms with Gasteiger partial charge in [-0.05, 0) is 115 Å². The highest BCUT2D eigenvalue weighted by Gasteiger charge is 2.52. The number of carbonyl (C=O) groups excluding carboxylic acids is 6. The summed E-state index contributed by atoms with van der Waals surface area (Å²) in [7, 11) is 0. The Morgan fingerprint density at radius 1 is 0.324 bits per heavy atom. The summed E-state index contributed by atoms with van der Waals surface area (Å²) in [5.41, 5.74) is 8.52. The monoisotopic (exact) mass is 1430 g/mol. The standard InChI is InChI=1S/C23H32O7.C22H30O7.C17H26O5.C16H24O4.CH4/c1-13(2)11-18-7-9-19(10-8-18)12-20-22(29-16(5)25)23(30-17(6)26)21(14(3)27-20)28-15(4)24;1-12(2)11-17-7-9-18(10-8-17)20-22(29-16(6)25)21(28-15(5)24)19(13(3)26-20)27-14(4)23;1-10(2)7-11-3-5-12(6-4-11)8-13-15(19)17(21)16(20)14(9-18)22-13;1-9(2)8-11-4-6-12(7-5-11)16-15(19)14(18)13(17)10(3)20-16;/h7-10,13-14,20-23H,11-12H2,1-6H3;7-10,12-13,19-22H,11H2,1-6H3;3-6,10,13-21H,7-9H2,1-2H3;4-7,9-10,13-19H,8H2,1-3H3;1H4. The van der Waals surface area contributed by atoms with Crippen LogP contribution in [0, 0.1) is 23.7 Å². The van der Waals surface area contributed by atoms with E-state index in [0.29, 0.717) is 36.5 Å². The van der Waals surface area contributed by atoms with Gasteiger partial charge >= 0.3 is 35.8 Å². The van der Waals surface area contributed by atoms with Crippen molar-refractivity contribution in [3.63, 3.8) is 0 Å². The molecule has 0 aliphatic carbocycles. The Morgan fingerprint density at radius 2 is 0.608 bits per heavy atom. The summed E-state index contributed by atoms with van der Waals surface area (Å²) >= 11 is 0. The van der Waals surface area contributed by atoms with Crippen molar-refractivity contribution < 1.29 is 112 Å². The van der Waals surface area contributed by atoms with E-state index in [1.165, 1.54) is 63.8 Å². The summed E-state index contributed by atoms with van der Waals surface area (Å²) in [6.45, 7) is 29.7. The summed E-state index contributed by atoms with van der Waals surface area (Å²) in [6, 6.07) is 32.0. The van der Waals surface area contributed by atoms with E-state index in [0.717, 1.165) is 47.9 Å². The third kappa shape index (κ3) is 27.1. The summed E-state index contributed by atoms with van der Waals surface area (Å²) < 4.78 is 55.9. The number of benzene rings is 4. The van der Waals surface area contributed by atoms with E-state index >= 15 is 0 Å². The Bertz CT molecular complexity index is 3190. The zero-order chi connectivity index (χ0) is 75.3. The first-order valence-electron chi connectivity index (χ1n) is 35.1. The van der Waals surface area contributed by atoms with Crippen molar-refractivity contribution >= 4 is 35.8 Å². The molecule has 102 heavy (non-hydrogen) atoms. The second-order valence-electron chi connectivity index (χ2n) is 28.6. The number of hydrogen-bond acceptors (Lipinski definition) is 23. The molecule has 0 aromatic heterocycles. The number of rotatable bonds is 21. The molecule has 4 fully saturated rings. The first kappa shape index (κ1) is 87.7. The van der Waals surface area contributed by atoms with E-state index in [4.69, 9.17) is 47.4 Å². The van der Waals surface area contributed by atoms with Crippen LogP contribution < -0.4 is 0 Å². The third-order valence-electron chi connectivity index (χ3n) is 17.4. The molecule has 4 heterocycles. The first-order valence-corrected chi connectivity index (χ1v) is 35.1. The van der Waals surface area contributed by atoms with Gasteiger partial charge in [0.1, 0.15) is 61.0 Å². The predicted octanol–water partition coefficient (Wildman–Crippen LogP) is 8.48. The van der Waals surface area contributed by atoms with Gasteiger partial charge in [0.05, 0.1) is 31.0 Å². The van der Waals surface area contributed by atoms with E-state index in [-0.39, 0.29) is 7.43 Å². The molecule has 4 aliphatic heterocycles. The summed E-state index contributed by atoms with van der Waals surface area (Å²) in [4.78, 5) is 70.1. The zero-order valence-corrected chi connectivity index (χ0v) is 61.7. The minimum absolute atomic E-state index is 0. The van der Waals surface area contributed by atoms with Crippen LogP contribution in [0.1, 0.15) is 182 Å². The molecule has 0 spiro atoms. The molecule has 0 amide bonds. The topological polar surface area (TPSA) is 336 Å². The molecule has 0 radical (unpaired) electrons. The van der Waals surface area contributed by atoms with E-state index in [2.05, 4.69) is 79.7 Å². The second-order valence-corrected chi connectivity index (χ2v) is 28.6. The maximum atomic E-state index is 11.8. The van der Waals surface area contributed by atoms with Crippen LogP contribution in [-0.2, 0) is 115 Å². The van der Waals surface area contributed by atoms with Crippen LogP contribution in [0.5, 0.6) is 0 Å². The highest BCUT2D eigenvalue weighted by Crippen LogP contribution is 2.39. The average molecular weight is 1430 g/mol. The van der Waals surface area contributed by atoms with Crippen LogP contribution in [0.4, 0.5) is 0 Å². The number of hydrogen-bond donors (Lipinski definition) is 7. The van der Waals surface area contributed by atoms with E-state index < -0.39 is 165 Å². The van der Waals surface area contributed by atoms with Gasteiger partial charge in [0.2, 0.25) is 0 Å². The van der Waals surface area contributed by atoms with Gasteiger partial charge in [-0.2, -0.15) is 0 Å². The van der Waals surface area contributed by atoms with Crippen LogP contribution in [0.15, 0.2) is 97.1 Å². The predicted molar refractivity (Wildman–Crippen MR) is 380 cm³/mol. The Kier molecular flexibility index (Phi) is 35.8. The summed E-state index contributed by atoms with van der Waals surface area (Å²) in [5, 5.41) is 68.4. The lowest BCUT2D eigenvalue weighted by Gasteiger charge is -2.44. The molecule has 4 aliphatic rings. The van der Waals surface area contributed by atoms with Crippen molar-refractivity contribution in [2.75, 3.05) is 6.61 Å². The van der Waals surface area contributed by atoms with Crippen molar-refractivity contribution in [2.45, 2.75) is 286 Å². The normalized spacial score (nSPS) is 29.0. The first-order chi connectivity index (χ1) is 47.5. The minimum Gasteiger partial charge on any atom is -0.456 e. The van der Waals surface area contributed by atoms with Crippen molar-refractivity contribution in [3.05, 3.63) is 142 Å². The molecule has 23 nitrogen and oxygen atoms in total. The molecule has 570 valence electrons. The Balaban J connectivity index is 0.000000291. The van der Waals surface area contributed by atoms with Gasteiger partial charge in [0.15, 0.2) is 36.6 Å². The van der Waals surface area contributed by atoms with Crippen LogP contribution in [0.3, 0.4) is 0 Å². The number of ether oxygens (including phenoxy) is 10. The SMILES string of the molecule is C.CC(=O)OC1C(C)OC(Cc2ccc(CC(C)C)cc2)C(OC(C)=O)C1OC(C)=O.CC(=O)OC1C(C)OC(c2ccc(CC(C)C)cc2)C(OC(C)=O)C1OC(C)=O.CC(C)Cc1ccc(C2OC(C)C(O)C(O)C2O)cc1.CC(C)Cc1ccc(CC2OC(CO)C(O)C(O)C2O)cc1. The zero-order valence-electron chi connectivity index (χ0n) is 61.7. The Morgan fingerprint density at radius 3 is 0.980 bits per heavy atom. The second kappa shape index (κ2) is 41.7. The van der Waals surface area contributed by atoms with Gasteiger partial charge in [-0.15, -0.1) is 0 Å². The highest BCUT2D eigenvalue weighted by atomic mass is 16.7. The number of carbonyl (C=O) groups is 6. The Hall–Kier alpha value is -6.74. The molecule has 4 aromatic carbocycles. The third-order valence-corrected chi connectivity index (χ3v) is 17.4. The molecule has 0 saturated carbocycles. The van der Waals surface area contributed by atoms with Crippen molar-refractivity contribution in [2.24, 2.45) is 23.7 Å². The molecule has 0 bridgehead atoms. The van der Waals surface area contributed by atoms with Gasteiger partial charge in [-0.25, -0.2) is 0 Å². The fourth-order valence-corrected chi connectivity index (χ4v) is 12.9. The van der Waals surface area contributed by atoms with E-state index in [9.17, 15) is 64.5 Å². The maximum Gasteiger partial charge on any atom is 0.303 e. The molecule has 23 heteroatoms. The van der Waals surface area contributed by atoms with E-state index in [1.54, 1.807) is 20.8 Å². The number of aliphatic hydroxyl groups excluding tert-OH is 7. The van der Waals surface area contributed by atoms with Crippen LogP contribution >= 0.6 is 0 Å². The van der Waals surface area contributed by atoms with Gasteiger partial charge in [0.25, 0.3) is 0 Å². The van der Waals surface area contributed by atoms with E-state index in [1.807, 2.05) is 72.8 Å². The number of aliphatic hydroxyl groups is 7. The minimum atomic E-state index is -1.31. The van der Waals surface area contributed by atoms with Gasteiger partial charge in [0, 0.05) is 54.4 Å². The fraction of sp³-hybridized carbons (Fsp3) is 0.620. The molecule has 4 aromatic rings. The highest BCUT2D eigenvalue weighted by molar-refractivity contribution is 5.69.